The molecule has 0 aromatic heterocycles. The molecule has 7 heteroatoms. The first-order chi connectivity index (χ1) is 10.8. The van der Waals surface area contributed by atoms with Crippen LogP contribution in [0.1, 0.15) is 37.7 Å². The van der Waals surface area contributed by atoms with Crippen molar-refractivity contribution in [1.82, 2.24) is 4.31 Å². The molecule has 0 spiro atoms. The summed E-state index contributed by atoms with van der Waals surface area (Å²) in [4.78, 5) is 12.1. The van der Waals surface area contributed by atoms with E-state index in [0.717, 1.165) is 31.2 Å². The fourth-order valence-electron chi connectivity index (χ4n) is 2.92. The van der Waals surface area contributed by atoms with Crippen LogP contribution in [0.15, 0.2) is 18.2 Å². The highest BCUT2D eigenvalue weighted by Crippen LogP contribution is 2.25. The number of benzene rings is 1. The zero-order valence-corrected chi connectivity index (χ0v) is 15.1. The van der Waals surface area contributed by atoms with Crippen LogP contribution in [0, 0.1) is 6.92 Å². The Hall–Kier alpha value is -1.11. The van der Waals surface area contributed by atoms with E-state index in [1.54, 1.807) is 12.1 Å². The number of sulfonamides is 1. The Bertz CT molecular complexity index is 670. The van der Waals surface area contributed by atoms with E-state index in [0.29, 0.717) is 10.7 Å². The molecule has 1 aliphatic rings. The van der Waals surface area contributed by atoms with Gasteiger partial charge in [0.2, 0.25) is 15.9 Å². The molecular weight excluding hydrogens is 336 g/mol. The Kier molecular flexibility index (Phi) is 6.06. The number of carbonyl (C=O) groups is 1. The van der Waals surface area contributed by atoms with Gasteiger partial charge in [0.25, 0.3) is 0 Å². The van der Waals surface area contributed by atoms with Gasteiger partial charge in [0.15, 0.2) is 0 Å². The monoisotopic (exact) mass is 358 g/mol. The summed E-state index contributed by atoms with van der Waals surface area (Å²) >= 11 is 6.03. The Labute approximate surface area is 143 Å². The molecule has 2 rings (SSSR count). The minimum Gasteiger partial charge on any atom is -0.326 e. The average Bonchev–Trinajstić information content (AvgIpc) is 2.95. The van der Waals surface area contributed by atoms with Gasteiger partial charge in [0.1, 0.15) is 0 Å². The Morgan fingerprint density at radius 1 is 1.35 bits per heavy atom. The van der Waals surface area contributed by atoms with E-state index in [-0.39, 0.29) is 24.9 Å². The van der Waals surface area contributed by atoms with Crippen LogP contribution in [-0.4, -0.2) is 37.5 Å². The van der Waals surface area contributed by atoms with Crippen LogP contribution < -0.4 is 5.32 Å². The molecule has 0 saturated heterocycles. The summed E-state index contributed by atoms with van der Waals surface area (Å²) in [5.41, 5.74) is 1.56. The number of nitrogens with one attached hydrogen (secondary N) is 1. The molecule has 0 bridgehead atoms. The average molecular weight is 359 g/mol. The largest absolute Gasteiger partial charge is 0.326 e. The second-order valence-corrected chi connectivity index (χ2v) is 8.42. The van der Waals surface area contributed by atoms with Crippen molar-refractivity contribution in [1.29, 1.82) is 0 Å². The second-order valence-electron chi connectivity index (χ2n) is 6.07. The molecule has 0 unspecified atom stereocenters. The molecule has 23 heavy (non-hydrogen) atoms. The number of hydrogen-bond donors (Lipinski definition) is 1. The molecule has 0 heterocycles. The van der Waals surface area contributed by atoms with Crippen LogP contribution in [0.3, 0.4) is 0 Å². The molecule has 1 saturated carbocycles. The zero-order valence-electron chi connectivity index (χ0n) is 13.5. The molecule has 1 fully saturated rings. The number of halogens is 1. The number of rotatable bonds is 6. The first-order valence-electron chi connectivity index (χ1n) is 7.80. The van der Waals surface area contributed by atoms with Gasteiger partial charge in [-0.25, -0.2) is 8.42 Å². The van der Waals surface area contributed by atoms with E-state index < -0.39 is 10.0 Å². The maximum absolute atomic E-state index is 12.1. The summed E-state index contributed by atoms with van der Waals surface area (Å²) in [5.74, 6) is -0.212. The zero-order chi connectivity index (χ0) is 17.0. The van der Waals surface area contributed by atoms with Gasteiger partial charge in [-0.1, -0.05) is 30.5 Å². The number of amides is 1. The topological polar surface area (TPSA) is 66.5 Å². The number of nitrogens with zero attached hydrogens (tertiary/aromatic N) is 1. The first-order valence-corrected chi connectivity index (χ1v) is 10.0. The number of aryl methyl sites for hydroxylation is 1. The summed E-state index contributed by atoms with van der Waals surface area (Å²) in [6.07, 6.45) is 5.19. The predicted molar refractivity (Wildman–Crippen MR) is 93.2 cm³/mol. The maximum Gasteiger partial charge on any atom is 0.225 e. The van der Waals surface area contributed by atoms with Gasteiger partial charge in [-0.3, -0.25) is 4.79 Å². The third-order valence-corrected chi connectivity index (χ3v) is 5.91. The van der Waals surface area contributed by atoms with Gasteiger partial charge >= 0.3 is 0 Å². The van der Waals surface area contributed by atoms with Gasteiger partial charge in [-0.05, 0) is 37.5 Å². The lowest BCUT2D eigenvalue weighted by atomic mass is 10.2. The highest BCUT2D eigenvalue weighted by atomic mass is 35.5. The van der Waals surface area contributed by atoms with Crippen LogP contribution in [0.5, 0.6) is 0 Å². The first kappa shape index (κ1) is 18.2. The summed E-state index contributed by atoms with van der Waals surface area (Å²) < 4.78 is 25.4. The fourth-order valence-corrected chi connectivity index (χ4v) is 4.27. The van der Waals surface area contributed by atoms with Gasteiger partial charge in [0, 0.05) is 29.7 Å². The SMILES string of the molecule is Cc1ccc(NC(=O)CCN(C2CCCC2)S(C)(=O)=O)cc1Cl. The van der Waals surface area contributed by atoms with Crippen molar-refractivity contribution in [3.8, 4) is 0 Å². The van der Waals surface area contributed by atoms with E-state index in [1.807, 2.05) is 13.0 Å². The molecule has 1 N–H and O–H groups in total. The van der Waals surface area contributed by atoms with Gasteiger partial charge < -0.3 is 5.32 Å². The van der Waals surface area contributed by atoms with E-state index in [9.17, 15) is 13.2 Å². The smallest absolute Gasteiger partial charge is 0.225 e. The second kappa shape index (κ2) is 7.64. The Balaban J connectivity index is 1.94. The summed E-state index contributed by atoms with van der Waals surface area (Å²) in [6.45, 7) is 2.11. The van der Waals surface area contributed by atoms with E-state index in [2.05, 4.69) is 5.32 Å². The third kappa shape index (κ3) is 5.19. The summed E-state index contributed by atoms with van der Waals surface area (Å²) in [5, 5.41) is 3.35. The summed E-state index contributed by atoms with van der Waals surface area (Å²) in [7, 11) is -3.30. The molecule has 0 radical (unpaired) electrons. The van der Waals surface area contributed by atoms with E-state index in [1.165, 1.54) is 10.6 Å². The van der Waals surface area contributed by atoms with Crippen molar-refractivity contribution in [2.75, 3.05) is 18.1 Å². The third-order valence-electron chi connectivity index (χ3n) is 4.17. The predicted octanol–water partition coefficient (Wildman–Crippen LogP) is 3.18. The molecule has 1 amide bonds. The van der Waals surface area contributed by atoms with Gasteiger partial charge in [-0.15, -0.1) is 0 Å². The minimum atomic E-state index is -3.30. The fraction of sp³-hybridized carbons (Fsp3) is 0.562. The van der Waals surface area contributed by atoms with Crippen molar-refractivity contribution < 1.29 is 13.2 Å². The molecule has 0 atom stereocenters. The lowest BCUT2D eigenvalue weighted by Crippen LogP contribution is -2.39. The Morgan fingerprint density at radius 3 is 2.57 bits per heavy atom. The van der Waals surface area contributed by atoms with Crippen LogP contribution in [0.25, 0.3) is 0 Å². The molecule has 128 valence electrons. The van der Waals surface area contributed by atoms with Crippen molar-refractivity contribution in [2.45, 2.75) is 45.1 Å². The molecule has 1 aromatic rings. The highest BCUT2D eigenvalue weighted by molar-refractivity contribution is 7.88. The number of anilines is 1. The summed E-state index contributed by atoms with van der Waals surface area (Å²) in [6, 6.07) is 5.34. The van der Waals surface area contributed by atoms with Gasteiger partial charge in [0.05, 0.1) is 6.26 Å². The minimum absolute atomic E-state index is 0.0339. The molecule has 1 aliphatic carbocycles. The maximum atomic E-state index is 12.1. The standard InChI is InChI=1S/C16H23ClN2O3S/c1-12-7-8-13(11-15(12)17)18-16(20)9-10-19(23(2,21)22)14-5-3-4-6-14/h7-8,11,14H,3-6,9-10H2,1-2H3,(H,18,20). The molecular formula is C16H23ClN2O3S. The number of carbonyl (C=O) groups excluding carboxylic acids is 1. The quantitative estimate of drug-likeness (QED) is 0.849. The van der Waals surface area contributed by atoms with Crippen molar-refractivity contribution in [3.05, 3.63) is 28.8 Å². The Morgan fingerprint density at radius 2 is 2.00 bits per heavy atom. The van der Waals surface area contributed by atoms with Crippen molar-refractivity contribution in [3.63, 3.8) is 0 Å². The van der Waals surface area contributed by atoms with Crippen molar-refractivity contribution >= 4 is 33.2 Å². The number of hydrogen-bond acceptors (Lipinski definition) is 3. The van der Waals surface area contributed by atoms with Crippen molar-refractivity contribution in [2.24, 2.45) is 0 Å². The lowest BCUT2D eigenvalue weighted by molar-refractivity contribution is -0.116. The van der Waals surface area contributed by atoms with E-state index >= 15 is 0 Å². The van der Waals surface area contributed by atoms with Crippen LogP contribution in [-0.2, 0) is 14.8 Å². The lowest BCUT2D eigenvalue weighted by Gasteiger charge is -2.26. The van der Waals surface area contributed by atoms with Crippen LogP contribution in [0.4, 0.5) is 5.69 Å². The molecule has 5 nitrogen and oxygen atoms in total. The van der Waals surface area contributed by atoms with E-state index in [4.69, 9.17) is 11.6 Å². The van der Waals surface area contributed by atoms with Gasteiger partial charge in [-0.2, -0.15) is 4.31 Å². The molecule has 0 aliphatic heterocycles. The highest BCUT2D eigenvalue weighted by Gasteiger charge is 2.29. The normalized spacial score (nSPS) is 16.0. The molecule has 1 aromatic carbocycles. The van der Waals surface area contributed by atoms with Crippen LogP contribution >= 0.6 is 11.6 Å². The van der Waals surface area contributed by atoms with Crippen LogP contribution in [0.2, 0.25) is 5.02 Å².